The van der Waals surface area contributed by atoms with Crippen LogP contribution in [0.4, 0.5) is 4.39 Å². The van der Waals surface area contributed by atoms with Crippen LogP contribution >= 0.6 is 0 Å². The van der Waals surface area contributed by atoms with E-state index in [0.717, 1.165) is 12.0 Å². The van der Waals surface area contributed by atoms with E-state index in [9.17, 15) is 9.18 Å². The lowest BCUT2D eigenvalue weighted by atomic mass is 9.66. The Morgan fingerprint density at radius 1 is 1.29 bits per heavy atom. The molecule has 0 bridgehead atoms. The fourth-order valence-electron chi connectivity index (χ4n) is 3.01. The molecular formula is C14H18FNO. The van der Waals surface area contributed by atoms with Crippen molar-refractivity contribution in [2.45, 2.75) is 44.6 Å². The fraction of sp³-hybridized carbons (Fsp3) is 0.500. The van der Waals surface area contributed by atoms with Crippen molar-refractivity contribution in [3.8, 4) is 0 Å². The molecule has 3 heteroatoms. The second kappa shape index (κ2) is 3.83. The number of carbonyl (C=O) groups is 1. The maximum atomic E-state index is 13.0. The molecule has 17 heavy (non-hydrogen) atoms. The van der Waals surface area contributed by atoms with Gasteiger partial charge in [0.25, 0.3) is 0 Å². The summed E-state index contributed by atoms with van der Waals surface area (Å²) in [5, 5.41) is 3.02. The molecule has 1 aliphatic heterocycles. The Morgan fingerprint density at radius 2 is 1.88 bits per heavy atom. The summed E-state index contributed by atoms with van der Waals surface area (Å²) >= 11 is 0. The average Bonchev–Trinajstić information content (AvgIpc) is 2.49. The molecular weight excluding hydrogens is 217 g/mol. The lowest BCUT2D eigenvalue weighted by Gasteiger charge is -2.40. The van der Waals surface area contributed by atoms with Crippen LogP contribution in [0.25, 0.3) is 0 Å². The molecule has 1 unspecified atom stereocenters. The molecule has 1 saturated heterocycles. The molecule has 1 atom stereocenters. The summed E-state index contributed by atoms with van der Waals surface area (Å²) in [6, 6.07) is 6.51. The van der Waals surface area contributed by atoms with Crippen LogP contribution in [0.5, 0.6) is 0 Å². The Hall–Kier alpha value is -1.38. The zero-order valence-electron chi connectivity index (χ0n) is 10.5. The molecule has 1 aromatic carbocycles. The zero-order chi connectivity index (χ0) is 12.7. The van der Waals surface area contributed by atoms with E-state index in [-0.39, 0.29) is 22.7 Å². The lowest BCUT2D eigenvalue weighted by Crippen LogP contribution is -2.49. The summed E-state index contributed by atoms with van der Waals surface area (Å²) in [5.41, 5.74) is 0.499. The SMILES string of the molecule is CCC1(c2ccc(F)cc2)CC(=O)NC1(C)C. The topological polar surface area (TPSA) is 29.1 Å². The highest BCUT2D eigenvalue weighted by Gasteiger charge is 2.52. The minimum absolute atomic E-state index is 0.0705. The predicted molar refractivity (Wildman–Crippen MR) is 65.2 cm³/mol. The predicted octanol–water partition coefficient (Wildman–Crippen LogP) is 2.77. The summed E-state index contributed by atoms with van der Waals surface area (Å²) in [4.78, 5) is 11.7. The fourth-order valence-corrected chi connectivity index (χ4v) is 3.01. The molecule has 0 aliphatic carbocycles. The molecule has 0 aromatic heterocycles. The van der Waals surface area contributed by atoms with Gasteiger partial charge in [-0.2, -0.15) is 0 Å². The van der Waals surface area contributed by atoms with E-state index in [1.54, 1.807) is 12.1 Å². The highest BCUT2D eigenvalue weighted by atomic mass is 19.1. The minimum atomic E-state index is -0.295. The molecule has 0 spiro atoms. The van der Waals surface area contributed by atoms with Crippen molar-refractivity contribution in [1.29, 1.82) is 0 Å². The van der Waals surface area contributed by atoms with E-state index >= 15 is 0 Å². The zero-order valence-corrected chi connectivity index (χ0v) is 10.5. The third-order valence-corrected chi connectivity index (χ3v) is 4.11. The Bertz CT molecular complexity index is 438. The molecule has 1 amide bonds. The van der Waals surface area contributed by atoms with Crippen LogP contribution in [0, 0.1) is 5.82 Å². The number of carbonyl (C=O) groups excluding carboxylic acids is 1. The van der Waals surface area contributed by atoms with Crippen molar-refractivity contribution in [3.05, 3.63) is 35.6 Å². The van der Waals surface area contributed by atoms with E-state index in [0.29, 0.717) is 6.42 Å². The lowest BCUT2D eigenvalue weighted by molar-refractivity contribution is -0.119. The second-order valence-corrected chi connectivity index (χ2v) is 5.29. The van der Waals surface area contributed by atoms with E-state index in [2.05, 4.69) is 12.2 Å². The first-order chi connectivity index (χ1) is 7.91. The number of amides is 1. The van der Waals surface area contributed by atoms with E-state index in [1.165, 1.54) is 12.1 Å². The van der Waals surface area contributed by atoms with Gasteiger partial charge < -0.3 is 5.32 Å². The quantitative estimate of drug-likeness (QED) is 0.839. The van der Waals surface area contributed by atoms with Crippen molar-refractivity contribution >= 4 is 5.91 Å². The van der Waals surface area contributed by atoms with Gasteiger partial charge in [0.1, 0.15) is 5.82 Å². The van der Waals surface area contributed by atoms with Crippen LogP contribution < -0.4 is 5.32 Å². The van der Waals surface area contributed by atoms with Gasteiger partial charge in [0.2, 0.25) is 5.91 Å². The van der Waals surface area contributed by atoms with Gasteiger partial charge in [-0.1, -0.05) is 19.1 Å². The van der Waals surface area contributed by atoms with Crippen LogP contribution in [-0.4, -0.2) is 11.4 Å². The highest BCUT2D eigenvalue weighted by Crippen LogP contribution is 2.45. The van der Waals surface area contributed by atoms with Gasteiger partial charge in [0.05, 0.1) is 0 Å². The molecule has 2 rings (SSSR count). The third-order valence-electron chi connectivity index (χ3n) is 4.11. The maximum absolute atomic E-state index is 13.0. The Kier molecular flexibility index (Phi) is 2.72. The average molecular weight is 235 g/mol. The van der Waals surface area contributed by atoms with Crippen LogP contribution in [0.1, 0.15) is 39.2 Å². The van der Waals surface area contributed by atoms with Crippen molar-refractivity contribution in [2.24, 2.45) is 0 Å². The number of hydrogen-bond donors (Lipinski definition) is 1. The first-order valence-electron chi connectivity index (χ1n) is 5.98. The normalized spacial score (nSPS) is 26.9. The van der Waals surface area contributed by atoms with Gasteiger partial charge in [-0.15, -0.1) is 0 Å². The van der Waals surface area contributed by atoms with E-state index in [4.69, 9.17) is 0 Å². The third kappa shape index (κ3) is 1.74. The minimum Gasteiger partial charge on any atom is -0.350 e. The summed E-state index contributed by atoms with van der Waals surface area (Å²) < 4.78 is 13.0. The van der Waals surface area contributed by atoms with Gasteiger partial charge in [-0.3, -0.25) is 4.79 Å². The number of rotatable bonds is 2. The Balaban J connectivity index is 2.51. The monoisotopic (exact) mass is 235 g/mol. The standard InChI is InChI=1S/C14H18FNO/c1-4-14(9-12(17)16-13(14,2)3)10-5-7-11(15)8-6-10/h5-8H,4,9H2,1-3H3,(H,16,17). The highest BCUT2D eigenvalue weighted by molar-refractivity contribution is 5.82. The smallest absolute Gasteiger partial charge is 0.221 e. The van der Waals surface area contributed by atoms with Crippen molar-refractivity contribution in [2.75, 3.05) is 0 Å². The molecule has 0 radical (unpaired) electrons. The number of hydrogen-bond acceptors (Lipinski definition) is 1. The molecule has 2 nitrogen and oxygen atoms in total. The number of nitrogens with one attached hydrogen (secondary N) is 1. The van der Waals surface area contributed by atoms with Gasteiger partial charge in [-0.05, 0) is 38.0 Å². The number of halogens is 1. The van der Waals surface area contributed by atoms with Crippen molar-refractivity contribution in [1.82, 2.24) is 5.32 Å². The Labute approximate surface area is 101 Å². The van der Waals surface area contributed by atoms with E-state index in [1.807, 2.05) is 13.8 Å². The number of benzene rings is 1. The van der Waals surface area contributed by atoms with Crippen LogP contribution in [0.15, 0.2) is 24.3 Å². The van der Waals surface area contributed by atoms with Gasteiger partial charge in [-0.25, -0.2) is 4.39 Å². The van der Waals surface area contributed by atoms with Crippen LogP contribution in [-0.2, 0) is 10.2 Å². The van der Waals surface area contributed by atoms with E-state index < -0.39 is 0 Å². The second-order valence-electron chi connectivity index (χ2n) is 5.29. The molecule has 0 saturated carbocycles. The molecule has 1 N–H and O–H groups in total. The molecule has 1 aliphatic rings. The van der Waals surface area contributed by atoms with Gasteiger partial charge in [0, 0.05) is 17.4 Å². The summed E-state index contributed by atoms with van der Waals surface area (Å²) in [6.07, 6.45) is 1.33. The molecule has 1 fully saturated rings. The summed E-state index contributed by atoms with van der Waals surface area (Å²) in [6.45, 7) is 6.14. The van der Waals surface area contributed by atoms with Gasteiger partial charge in [0.15, 0.2) is 0 Å². The summed E-state index contributed by atoms with van der Waals surface area (Å²) in [5.74, 6) is -0.170. The first-order valence-corrected chi connectivity index (χ1v) is 5.98. The summed E-state index contributed by atoms with van der Waals surface area (Å²) in [7, 11) is 0. The molecule has 1 heterocycles. The largest absolute Gasteiger partial charge is 0.350 e. The molecule has 1 aromatic rings. The van der Waals surface area contributed by atoms with Gasteiger partial charge >= 0.3 is 0 Å². The van der Waals surface area contributed by atoms with Crippen molar-refractivity contribution < 1.29 is 9.18 Å². The Morgan fingerprint density at radius 3 is 2.29 bits per heavy atom. The van der Waals surface area contributed by atoms with Crippen LogP contribution in [0.3, 0.4) is 0 Å². The first kappa shape index (κ1) is 12.1. The van der Waals surface area contributed by atoms with Crippen LogP contribution in [0.2, 0.25) is 0 Å². The molecule has 92 valence electrons. The maximum Gasteiger partial charge on any atom is 0.221 e. The van der Waals surface area contributed by atoms with Crippen molar-refractivity contribution in [3.63, 3.8) is 0 Å².